The highest BCUT2D eigenvalue weighted by Gasteiger charge is 2.35. The molecule has 8 heteroatoms. The first kappa shape index (κ1) is 19.1. The molecule has 1 aromatic rings. The molecule has 0 saturated carbocycles. The van der Waals surface area contributed by atoms with Crippen LogP contribution in [0.15, 0.2) is 40.3 Å². The van der Waals surface area contributed by atoms with Crippen molar-refractivity contribution in [2.24, 2.45) is 4.40 Å². The molecule has 1 amide bonds. The number of likely N-dealkylation sites (tertiary alicyclic amines) is 1. The van der Waals surface area contributed by atoms with E-state index in [0.29, 0.717) is 36.7 Å². The number of amides is 1. The second-order valence-electron chi connectivity index (χ2n) is 7.48. The highest BCUT2D eigenvalue weighted by molar-refractivity contribution is 8.00. The Bertz CT molecular complexity index is 910. The monoisotopic (exact) mass is 403 g/mol. The third-order valence-electron chi connectivity index (χ3n) is 5.54. The van der Waals surface area contributed by atoms with Crippen molar-refractivity contribution in [3.8, 4) is 0 Å². The molecule has 1 aromatic carbocycles. The van der Waals surface area contributed by atoms with Crippen molar-refractivity contribution in [3.63, 3.8) is 0 Å². The van der Waals surface area contributed by atoms with Crippen molar-refractivity contribution in [1.82, 2.24) is 10.2 Å². The fraction of sp³-hybridized carbons (Fsp3) is 0.500. The standard InChI is InChI=1S/C20H25N3O4S/c1-14-18(15-6-3-2-4-7-15)28(25,26)22-19(14)23-11-9-16(10-12-23)21-20(24)17-8-5-13-27-17/h2-4,6-7,16-17H,5,8-13H2,1H3,(H,21,24)/t17-/m1/s1. The van der Waals surface area contributed by atoms with E-state index in [1.807, 2.05) is 30.0 Å². The summed E-state index contributed by atoms with van der Waals surface area (Å²) < 4.78 is 34.8. The first-order valence-corrected chi connectivity index (χ1v) is 11.2. The van der Waals surface area contributed by atoms with Crippen LogP contribution in [0.3, 0.4) is 0 Å². The zero-order valence-corrected chi connectivity index (χ0v) is 16.7. The van der Waals surface area contributed by atoms with Crippen molar-refractivity contribution in [2.45, 2.75) is 44.8 Å². The summed E-state index contributed by atoms with van der Waals surface area (Å²) in [5.74, 6) is 0.502. The number of ether oxygens (including phenoxy) is 1. The summed E-state index contributed by atoms with van der Waals surface area (Å²) in [5.41, 5.74) is 1.35. The molecule has 4 rings (SSSR count). The Morgan fingerprint density at radius 1 is 1.18 bits per heavy atom. The van der Waals surface area contributed by atoms with E-state index < -0.39 is 10.0 Å². The summed E-state index contributed by atoms with van der Waals surface area (Å²) in [7, 11) is -3.69. The van der Waals surface area contributed by atoms with Crippen molar-refractivity contribution in [3.05, 3.63) is 41.5 Å². The minimum Gasteiger partial charge on any atom is -0.368 e. The van der Waals surface area contributed by atoms with Crippen molar-refractivity contribution in [2.75, 3.05) is 19.7 Å². The van der Waals surface area contributed by atoms with E-state index >= 15 is 0 Å². The number of nitrogens with zero attached hydrogens (tertiary/aromatic N) is 2. The number of hydrogen-bond acceptors (Lipinski definition) is 5. The van der Waals surface area contributed by atoms with E-state index in [1.165, 1.54) is 0 Å². The van der Waals surface area contributed by atoms with Gasteiger partial charge in [0.25, 0.3) is 10.0 Å². The smallest absolute Gasteiger partial charge is 0.285 e. The number of amidine groups is 1. The summed E-state index contributed by atoms with van der Waals surface area (Å²) in [6.45, 7) is 3.78. The maximum absolute atomic E-state index is 12.6. The molecule has 3 heterocycles. The molecule has 0 bridgehead atoms. The van der Waals surface area contributed by atoms with Crippen LogP contribution in [0.4, 0.5) is 0 Å². The molecule has 28 heavy (non-hydrogen) atoms. The van der Waals surface area contributed by atoms with Crippen LogP contribution in [-0.4, -0.2) is 56.9 Å². The van der Waals surface area contributed by atoms with Gasteiger partial charge in [0, 0.05) is 31.3 Å². The van der Waals surface area contributed by atoms with E-state index in [1.54, 1.807) is 12.1 Å². The predicted molar refractivity (Wildman–Crippen MR) is 107 cm³/mol. The van der Waals surface area contributed by atoms with Gasteiger partial charge in [-0.15, -0.1) is 4.40 Å². The summed E-state index contributed by atoms with van der Waals surface area (Å²) in [6.07, 6.45) is 2.91. The van der Waals surface area contributed by atoms with Crippen molar-refractivity contribution < 1.29 is 17.9 Å². The quantitative estimate of drug-likeness (QED) is 0.833. The number of piperidine rings is 1. The van der Waals surface area contributed by atoms with Crippen molar-refractivity contribution in [1.29, 1.82) is 0 Å². The van der Waals surface area contributed by atoms with Gasteiger partial charge in [0.2, 0.25) is 5.91 Å². The zero-order chi connectivity index (χ0) is 19.7. The maximum Gasteiger partial charge on any atom is 0.285 e. The fourth-order valence-corrected chi connectivity index (χ4v) is 5.57. The first-order valence-electron chi connectivity index (χ1n) is 9.74. The largest absolute Gasteiger partial charge is 0.368 e. The fourth-order valence-electron chi connectivity index (χ4n) is 4.09. The minimum absolute atomic E-state index is 0.0285. The van der Waals surface area contributed by atoms with E-state index in [-0.39, 0.29) is 23.0 Å². The number of benzene rings is 1. The summed E-state index contributed by atoms with van der Waals surface area (Å²) in [5, 5.41) is 3.07. The van der Waals surface area contributed by atoms with Crippen LogP contribution >= 0.6 is 0 Å². The van der Waals surface area contributed by atoms with Crippen LogP contribution in [-0.2, 0) is 19.6 Å². The molecular formula is C20H25N3O4S. The molecule has 0 radical (unpaired) electrons. The normalized spacial score (nSPS) is 25.1. The lowest BCUT2D eigenvalue weighted by molar-refractivity contribution is -0.131. The predicted octanol–water partition coefficient (Wildman–Crippen LogP) is 1.92. The van der Waals surface area contributed by atoms with Gasteiger partial charge in [0.15, 0.2) is 0 Å². The second kappa shape index (κ2) is 7.67. The van der Waals surface area contributed by atoms with Gasteiger partial charge in [-0.25, -0.2) is 0 Å². The average molecular weight is 404 g/mol. The van der Waals surface area contributed by atoms with Gasteiger partial charge < -0.3 is 15.0 Å². The molecule has 150 valence electrons. The molecule has 0 spiro atoms. The van der Waals surface area contributed by atoms with E-state index in [9.17, 15) is 13.2 Å². The molecule has 1 N–H and O–H groups in total. The number of sulfonamides is 1. The highest BCUT2D eigenvalue weighted by atomic mass is 32.2. The van der Waals surface area contributed by atoms with Crippen LogP contribution in [0.1, 0.15) is 38.2 Å². The van der Waals surface area contributed by atoms with Crippen molar-refractivity contribution >= 4 is 26.7 Å². The number of carbonyl (C=O) groups excluding carboxylic acids is 1. The first-order chi connectivity index (χ1) is 13.5. The Labute approximate surface area is 165 Å². The number of nitrogens with one attached hydrogen (secondary N) is 1. The molecule has 2 saturated heterocycles. The maximum atomic E-state index is 12.6. The van der Waals surface area contributed by atoms with Gasteiger partial charge in [-0.05, 0) is 38.2 Å². The van der Waals surface area contributed by atoms with Crippen LogP contribution in [0, 0.1) is 0 Å². The lowest BCUT2D eigenvalue weighted by Gasteiger charge is -2.34. The molecule has 0 aromatic heterocycles. The summed E-state index contributed by atoms with van der Waals surface area (Å²) >= 11 is 0. The van der Waals surface area contributed by atoms with Crippen LogP contribution in [0.2, 0.25) is 0 Å². The van der Waals surface area contributed by atoms with Gasteiger partial charge in [0.05, 0.1) is 0 Å². The molecule has 2 fully saturated rings. The van der Waals surface area contributed by atoms with Gasteiger partial charge in [-0.1, -0.05) is 30.3 Å². The molecule has 0 aliphatic carbocycles. The third kappa shape index (κ3) is 3.71. The molecular weight excluding hydrogens is 378 g/mol. The van der Waals surface area contributed by atoms with E-state index in [4.69, 9.17) is 4.74 Å². The van der Waals surface area contributed by atoms with Crippen LogP contribution < -0.4 is 5.32 Å². The van der Waals surface area contributed by atoms with Gasteiger partial charge in [-0.3, -0.25) is 4.79 Å². The average Bonchev–Trinajstić information content (AvgIpc) is 3.30. The topological polar surface area (TPSA) is 88.1 Å². The SMILES string of the molecule is CC1=C(c2ccccc2)S(=O)(=O)N=C1N1CCC(NC(=O)[C@H]2CCCO2)CC1. The molecule has 3 aliphatic rings. The lowest BCUT2D eigenvalue weighted by atomic mass is 10.0. The van der Waals surface area contributed by atoms with Crippen LogP contribution in [0.5, 0.6) is 0 Å². The van der Waals surface area contributed by atoms with Gasteiger partial charge >= 0.3 is 0 Å². The molecule has 0 unspecified atom stereocenters. The number of carbonyl (C=O) groups is 1. The lowest BCUT2D eigenvalue weighted by Crippen LogP contribution is -2.48. The number of hydrogen-bond donors (Lipinski definition) is 1. The third-order valence-corrected chi connectivity index (χ3v) is 7.01. The Morgan fingerprint density at radius 3 is 2.54 bits per heavy atom. The summed E-state index contributed by atoms with van der Waals surface area (Å²) in [6, 6.07) is 9.18. The van der Waals surface area contributed by atoms with Gasteiger partial charge in [0.1, 0.15) is 16.8 Å². The van der Waals surface area contributed by atoms with E-state index in [2.05, 4.69) is 9.71 Å². The molecule has 7 nitrogen and oxygen atoms in total. The minimum atomic E-state index is -3.69. The Kier molecular flexibility index (Phi) is 5.25. The Hall–Kier alpha value is -2.19. The highest BCUT2D eigenvalue weighted by Crippen LogP contribution is 2.34. The molecule has 1 atom stereocenters. The van der Waals surface area contributed by atoms with E-state index in [0.717, 1.165) is 25.7 Å². The number of rotatable bonds is 3. The zero-order valence-electron chi connectivity index (χ0n) is 15.9. The summed E-state index contributed by atoms with van der Waals surface area (Å²) in [4.78, 5) is 14.5. The second-order valence-corrected chi connectivity index (χ2v) is 9.02. The van der Waals surface area contributed by atoms with Gasteiger partial charge in [-0.2, -0.15) is 8.42 Å². The Balaban J connectivity index is 1.43. The van der Waals surface area contributed by atoms with Crippen LogP contribution in [0.25, 0.3) is 4.91 Å². The Morgan fingerprint density at radius 2 is 1.89 bits per heavy atom. The molecule has 3 aliphatic heterocycles.